The van der Waals surface area contributed by atoms with E-state index in [2.05, 4.69) is 174 Å². The second kappa shape index (κ2) is 37.5. The van der Waals surface area contributed by atoms with Crippen LogP contribution < -0.4 is 63.8 Å². The van der Waals surface area contributed by atoms with Gasteiger partial charge in [-0.3, -0.25) is 4.79 Å². The number of ether oxygens (including phenoxy) is 2. The Hall–Kier alpha value is -12.8. The number of pyridine rings is 3. The summed E-state index contributed by atoms with van der Waals surface area (Å²) in [6.07, 6.45) is 23.2. The minimum atomic E-state index is -1.08. The number of H-pyrrole nitrogens is 2. The summed E-state index contributed by atoms with van der Waals surface area (Å²) < 4.78 is 19.5. The summed E-state index contributed by atoms with van der Waals surface area (Å²) in [4.78, 5) is 89.6. The fourth-order valence-corrected chi connectivity index (χ4v) is 12.7. The maximum Gasteiger partial charge on any atom is 2.00 e. The summed E-state index contributed by atoms with van der Waals surface area (Å²) in [7, 11) is 10.7. The minimum Gasteiger partial charge on any atom is -0.657 e. The summed E-state index contributed by atoms with van der Waals surface area (Å²) in [6, 6.07) is 49.9. The molecule has 8 bridgehead atoms. The SMILES string of the molecule is CC(=O)[O-].CC(=O)[O-].CC(=O)[O-].CC(=O)[O-].C[n+]1ccc(-c2c3nc(c(-c4cc[n+](C)cc4)c4ccc([n-]4)c(-c4cc[n+](C)cc4)c4nc(c(-c5ccc(OCCCCC(=O)NCCCOc6ccc(-c7nc8ccc(-c9nc%10ccc(N%11CC[N+](C)(C)CC%11)cc%10[nH]9)cc8[nH]7)cc6)cc5)c5ccc2[n-]5)C=C4)C=C3)cc1.[Zn+2]. The van der Waals surface area contributed by atoms with Crippen molar-refractivity contribution < 1.29 is 91.5 Å². The molecule has 0 saturated carbocycles. The number of unbranched alkanes of at least 4 members (excludes halogenated alkanes) is 1. The van der Waals surface area contributed by atoms with Crippen LogP contribution in [0.1, 0.15) is 76.2 Å². The van der Waals surface area contributed by atoms with Crippen LogP contribution in [-0.2, 0) is 64.6 Å². The molecular formula is C86H86N14O11Zn. The van der Waals surface area contributed by atoms with Crippen molar-refractivity contribution in [1.82, 2.24) is 45.2 Å². The van der Waals surface area contributed by atoms with Gasteiger partial charge < -0.3 is 83.7 Å². The maximum atomic E-state index is 12.9. The Morgan fingerprint density at radius 3 is 1.21 bits per heavy atom. The Bertz CT molecular complexity index is 5480. The average molecular weight is 1560 g/mol. The zero-order valence-corrected chi connectivity index (χ0v) is 67.0. The number of rotatable bonds is 18. The van der Waals surface area contributed by atoms with E-state index in [0.717, 1.165) is 210 Å². The molecule has 3 aliphatic rings. The number of carboxylic acid groups (broad SMARTS) is 4. The fraction of sp³-hybridized carbons (Fsp3) is 0.233. The third-order valence-corrected chi connectivity index (χ3v) is 18.2. The molecule has 25 nitrogen and oxygen atoms in total. The van der Waals surface area contributed by atoms with Gasteiger partial charge in [-0.1, -0.05) is 36.4 Å². The van der Waals surface area contributed by atoms with E-state index in [9.17, 15) is 4.79 Å². The molecule has 0 atom stereocenters. The van der Waals surface area contributed by atoms with Crippen LogP contribution in [0.5, 0.6) is 11.5 Å². The Morgan fingerprint density at radius 2 is 0.804 bits per heavy atom. The number of fused-ring (bicyclic) bond motifs is 10. The van der Waals surface area contributed by atoms with Gasteiger partial charge in [-0.05, 0) is 189 Å². The van der Waals surface area contributed by atoms with Crippen molar-refractivity contribution in [3.63, 3.8) is 0 Å². The fourth-order valence-electron chi connectivity index (χ4n) is 12.7. The van der Waals surface area contributed by atoms with E-state index >= 15 is 0 Å². The third kappa shape index (κ3) is 21.8. The number of hydrogen-bond donors (Lipinski definition) is 3. The van der Waals surface area contributed by atoms with Gasteiger partial charge in [0.2, 0.25) is 5.91 Å². The van der Waals surface area contributed by atoms with Crippen molar-refractivity contribution in [2.75, 3.05) is 64.9 Å². The van der Waals surface area contributed by atoms with Crippen LogP contribution in [0.2, 0.25) is 0 Å². The zero-order valence-electron chi connectivity index (χ0n) is 64.0. The molecule has 112 heavy (non-hydrogen) atoms. The number of aromatic nitrogens is 11. The van der Waals surface area contributed by atoms with Crippen LogP contribution in [-0.4, -0.2) is 124 Å². The number of quaternary nitrogens is 1. The number of aliphatic carboxylic acids is 4. The van der Waals surface area contributed by atoms with E-state index in [1.807, 2.05) is 102 Å². The number of likely N-dealkylation sites (N-methyl/N-ethyl adjacent to an activating group) is 1. The van der Waals surface area contributed by atoms with Crippen LogP contribution in [0.25, 0.3) is 136 Å². The first kappa shape index (κ1) is 81.7. The largest absolute Gasteiger partial charge is 2.00 e. The van der Waals surface area contributed by atoms with E-state index in [1.165, 1.54) is 5.69 Å². The third-order valence-electron chi connectivity index (χ3n) is 18.2. The standard InChI is InChI=1S/C78H72N14O3.4C2H4O2.Zn/c1-88-37-30-52(31-38-88)74-64-24-22-62(80-64)73(63-23-25-65(81-63)75(53-32-39-89(2)40-33-53)67-27-29-69(83-67)76(68-28-26-66(74)82-68)54-34-41-90(3)42-35-54)51-10-16-58(17-11-51)94-47-7-6-9-72(93)79-36-8-48-95-59-18-12-55(13-19-59)77-84-60-20-14-56(49-70(60)86-77)78-85-61-21-15-57(50-71(61)87-78)91-43-45-92(4,5)46-44-91;4*1-2(3)4;/h10-35,37-42,49-50H,6-9,36,43-48H2,1-5H3,(H-2,79,80,81,82,83,93);4*1H3,(H,3,4);/q;;;;;+2/p-2. The smallest absolute Gasteiger partial charge is 0.657 e. The molecule has 3 aliphatic heterocycles. The zero-order chi connectivity index (χ0) is 78.9. The summed E-state index contributed by atoms with van der Waals surface area (Å²) in [5.41, 5.74) is 21.0. The molecular weight excluding hydrogens is 1470 g/mol. The van der Waals surface area contributed by atoms with Crippen LogP contribution in [0.3, 0.4) is 0 Å². The second-order valence-corrected chi connectivity index (χ2v) is 27.5. The number of carbonyl (C=O) groups excluding carboxylic acids is 5. The maximum absolute atomic E-state index is 12.9. The molecule has 1 fully saturated rings. The molecule has 11 heterocycles. The van der Waals surface area contributed by atoms with Crippen LogP contribution in [0.15, 0.2) is 183 Å². The Labute approximate surface area is 660 Å². The first-order valence-electron chi connectivity index (χ1n) is 36.2. The molecule has 0 spiro atoms. The average Bonchev–Trinajstić information content (AvgIpc) is 1.59. The summed E-state index contributed by atoms with van der Waals surface area (Å²) in [5, 5.41) is 38.6. The number of amides is 1. The number of imidazole rings is 2. The van der Waals surface area contributed by atoms with E-state index in [-0.39, 0.29) is 25.4 Å². The van der Waals surface area contributed by atoms with E-state index < -0.39 is 23.9 Å². The second-order valence-electron chi connectivity index (χ2n) is 27.5. The first-order valence-corrected chi connectivity index (χ1v) is 36.2. The summed E-state index contributed by atoms with van der Waals surface area (Å²) in [6.45, 7) is 9.71. The van der Waals surface area contributed by atoms with Crippen molar-refractivity contribution in [3.05, 3.63) is 206 Å². The predicted molar refractivity (Wildman–Crippen MR) is 418 cm³/mol. The van der Waals surface area contributed by atoms with Gasteiger partial charge in [0, 0.05) is 90.1 Å². The van der Waals surface area contributed by atoms with Crippen molar-refractivity contribution in [3.8, 4) is 78.8 Å². The number of benzene rings is 4. The molecule has 8 aromatic heterocycles. The number of anilines is 1. The van der Waals surface area contributed by atoms with E-state index in [0.29, 0.717) is 39.0 Å². The molecule has 26 heteroatoms. The van der Waals surface area contributed by atoms with Crippen LogP contribution >= 0.6 is 0 Å². The molecule has 1 saturated heterocycles. The number of carbonyl (C=O) groups is 5. The number of aromatic amines is 2. The number of piperazine rings is 1. The van der Waals surface area contributed by atoms with Crippen molar-refractivity contribution in [1.29, 1.82) is 0 Å². The van der Waals surface area contributed by atoms with Crippen LogP contribution in [0, 0.1) is 0 Å². The molecule has 15 rings (SSSR count). The Morgan fingerprint density at radius 1 is 0.455 bits per heavy atom. The predicted octanol–water partition coefficient (Wildman–Crippen LogP) is 7.20. The Balaban J connectivity index is 0.000000718. The van der Waals surface area contributed by atoms with Gasteiger partial charge in [0.25, 0.3) is 0 Å². The van der Waals surface area contributed by atoms with Gasteiger partial charge >= 0.3 is 19.5 Å². The summed E-state index contributed by atoms with van der Waals surface area (Å²) in [5.74, 6) is -1.21. The molecule has 4 aromatic carbocycles. The Kier molecular flexibility index (Phi) is 27.4. The van der Waals surface area contributed by atoms with Crippen molar-refractivity contribution >= 4 is 104 Å². The molecule has 12 aromatic rings. The molecule has 1 amide bonds. The molecule has 0 aliphatic carbocycles. The van der Waals surface area contributed by atoms with Crippen LogP contribution in [0.4, 0.5) is 5.69 Å². The molecule has 0 unspecified atom stereocenters. The van der Waals surface area contributed by atoms with Gasteiger partial charge in [0.05, 0.1) is 98.3 Å². The van der Waals surface area contributed by atoms with Crippen molar-refractivity contribution in [2.45, 2.75) is 53.4 Å². The number of nitrogens with one attached hydrogen (secondary N) is 3. The van der Waals surface area contributed by atoms with E-state index in [1.54, 1.807) is 0 Å². The molecule has 568 valence electrons. The van der Waals surface area contributed by atoms with Gasteiger partial charge in [-0.2, -0.15) is 0 Å². The van der Waals surface area contributed by atoms with E-state index in [4.69, 9.17) is 79.0 Å². The summed E-state index contributed by atoms with van der Waals surface area (Å²) >= 11 is 0. The van der Waals surface area contributed by atoms with Gasteiger partial charge in [0.15, 0.2) is 37.2 Å². The molecule has 3 N–H and O–H groups in total. The topological polar surface area (TPSA) is 334 Å². The normalized spacial score (nSPS) is 12.3. The molecule has 0 radical (unpaired) electrons. The number of aryl methyl sites for hydroxylation is 3. The number of carboxylic acids is 4. The van der Waals surface area contributed by atoms with Gasteiger partial charge in [0.1, 0.15) is 44.3 Å². The number of hydrogen-bond acceptors (Lipinski definition) is 16. The van der Waals surface area contributed by atoms with Gasteiger partial charge in [-0.25, -0.2) is 33.6 Å². The van der Waals surface area contributed by atoms with Gasteiger partial charge in [-0.15, -0.1) is 22.1 Å². The first-order chi connectivity index (χ1) is 53.3. The quantitative estimate of drug-likeness (QED) is 0.0331. The minimum absolute atomic E-state index is 0. The number of nitrogens with zero attached hydrogens (tertiary/aromatic N) is 11. The monoisotopic (exact) mass is 1550 g/mol. The van der Waals surface area contributed by atoms with Crippen molar-refractivity contribution in [2.24, 2.45) is 21.1 Å².